The van der Waals surface area contributed by atoms with Crippen molar-refractivity contribution in [1.29, 1.82) is 0 Å². The number of hydrogen-bond donors (Lipinski definition) is 0. The Labute approximate surface area is 290 Å². The summed E-state index contributed by atoms with van der Waals surface area (Å²) in [6, 6.07) is 1.91. The van der Waals surface area contributed by atoms with Crippen LogP contribution >= 0.6 is 23.2 Å². The van der Waals surface area contributed by atoms with E-state index in [9.17, 15) is 4.79 Å². The number of aldehydes is 1. The van der Waals surface area contributed by atoms with Gasteiger partial charge in [0.2, 0.25) is 0 Å². The lowest BCUT2D eigenvalue weighted by Gasteiger charge is -2.44. The van der Waals surface area contributed by atoms with Crippen LogP contribution in [0.1, 0.15) is 118 Å². The molecule has 0 amide bonds. The van der Waals surface area contributed by atoms with Crippen molar-refractivity contribution in [2.24, 2.45) is 0 Å². The fourth-order valence-electron chi connectivity index (χ4n) is 9.31. The van der Waals surface area contributed by atoms with Crippen molar-refractivity contribution in [3.63, 3.8) is 0 Å². The van der Waals surface area contributed by atoms with Crippen LogP contribution in [0, 0.1) is 0 Å². The normalized spacial score (nSPS) is 12.9. The highest BCUT2D eigenvalue weighted by Crippen LogP contribution is 2.47. The molecule has 0 N–H and O–H groups in total. The maximum absolute atomic E-state index is 11.3. The Hall–Kier alpha value is -1.94. The van der Waals surface area contributed by atoms with E-state index in [1.807, 2.05) is 12.3 Å². The van der Waals surface area contributed by atoms with Crippen LogP contribution in [-0.2, 0) is 12.8 Å². The van der Waals surface area contributed by atoms with Crippen molar-refractivity contribution in [2.45, 2.75) is 143 Å². The van der Waals surface area contributed by atoms with Crippen LogP contribution in [0.2, 0.25) is 43.3 Å². The van der Waals surface area contributed by atoms with E-state index in [4.69, 9.17) is 28.2 Å². The van der Waals surface area contributed by atoms with Crippen LogP contribution in [-0.4, -0.2) is 41.2 Å². The third-order valence-corrected chi connectivity index (χ3v) is 25.0. The van der Waals surface area contributed by atoms with Gasteiger partial charge in [0.25, 0.3) is 0 Å². The average Bonchev–Trinajstić information content (AvgIpc) is 3.53. The molecule has 254 valence electrons. The second-order valence-electron chi connectivity index (χ2n) is 14.8. The highest BCUT2D eigenvalue weighted by molar-refractivity contribution is 6.83. The molecule has 9 heteroatoms. The van der Waals surface area contributed by atoms with Crippen LogP contribution in [0.3, 0.4) is 0 Å². The van der Waals surface area contributed by atoms with E-state index in [0.29, 0.717) is 43.8 Å². The molecular weight excluding hydrogens is 644 g/mol. The lowest BCUT2D eigenvalue weighted by atomic mass is 10.1. The summed E-state index contributed by atoms with van der Waals surface area (Å²) in [7, 11) is -3.70. The van der Waals surface area contributed by atoms with Crippen molar-refractivity contribution in [1.82, 2.24) is 18.4 Å². The van der Waals surface area contributed by atoms with Crippen LogP contribution in [0.15, 0.2) is 30.9 Å². The maximum atomic E-state index is 11.3. The maximum Gasteiger partial charge on any atom is 0.171 e. The average molecular weight is 702 g/mol. The number of carbonyl (C=O) groups is 1. The lowest BCUT2D eigenvalue weighted by molar-refractivity contribution is 0.112. The van der Waals surface area contributed by atoms with E-state index in [2.05, 4.69) is 123 Å². The van der Waals surface area contributed by atoms with Crippen LogP contribution in [0.25, 0.3) is 22.1 Å². The van der Waals surface area contributed by atoms with Gasteiger partial charge in [0.05, 0.1) is 15.6 Å². The first kappa shape index (κ1) is 38.5. The standard InChI is InChI=1S/C19H29ClN2OSi.C18H29ClN2Si/c1-8-15-10-22(24(12(2)3,13(4)5)14(6)7)19-17(15)18(20)16(11-23)9-21-19;1-8-15-11-21(18-17(15)16(19)9-10-20-18)22(12(2)3,13(4)5)14(6)7/h9-14H,8H2,1-7H3;9-14H,8H2,1-7H3. The molecule has 0 atom stereocenters. The molecule has 0 fully saturated rings. The summed E-state index contributed by atoms with van der Waals surface area (Å²) in [5.74, 6) is 0. The fourth-order valence-corrected chi connectivity index (χ4v) is 23.0. The Morgan fingerprint density at radius 3 is 1.43 bits per heavy atom. The molecule has 4 aromatic heterocycles. The largest absolute Gasteiger partial charge is 0.358 e. The molecule has 0 radical (unpaired) electrons. The van der Waals surface area contributed by atoms with Crippen molar-refractivity contribution >= 4 is 68.0 Å². The summed E-state index contributed by atoms with van der Waals surface area (Å²) in [5, 5.41) is 3.50. The number of hydrogen-bond acceptors (Lipinski definition) is 3. The summed E-state index contributed by atoms with van der Waals surface area (Å²) < 4.78 is 5.04. The van der Waals surface area contributed by atoms with Crippen molar-refractivity contribution in [3.8, 4) is 0 Å². The van der Waals surface area contributed by atoms with E-state index in [0.717, 1.165) is 46.2 Å². The third kappa shape index (κ3) is 6.19. The van der Waals surface area contributed by atoms with E-state index in [1.54, 1.807) is 6.20 Å². The molecule has 0 saturated heterocycles. The predicted octanol–water partition coefficient (Wildman–Crippen LogP) is 12.4. The van der Waals surface area contributed by atoms with Crippen molar-refractivity contribution in [3.05, 3.63) is 57.6 Å². The second kappa shape index (κ2) is 15.1. The number of rotatable bonds is 11. The molecule has 0 aromatic carbocycles. The molecule has 0 aliphatic carbocycles. The molecule has 4 heterocycles. The summed E-state index contributed by atoms with van der Waals surface area (Å²) in [4.78, 5) is 20.7. The molecule has 0 unspecified atom stereocenters. The topological polar surface area (TPSA) is 52.7 Å². The van der Waals surface area contributed by atoms with Gasteiger partial charge in [-0.3, -0.25) is 4.79 Å². The number of pyridine rings is 2. The van der Waals surface area contributed by atoms with E-state index in [-0.39, 0.29) is 0 Å². The zero-order valence-corrected chi connectivity index (χ0v) is 34.3. The molecule has 0 bridgehead atoms. The van der Waals surface area contributed by atoms with Gasteiger partial charge in [-0.05, 0) is 63.3 Å². The molecule has 5 nitrogen and oxygen atoms in total. The molecular formula is C37H58Cl2N4OSi2. The first-order valence-corrected chi connectivity index (χ1v) is 22.4. The van der Waals surface area contributed by atoms with E-state index >= 15 is 0 Å². The monoisotopic (exact) mass is 700 g/mol. The van der Waals surface area contributed by atoms with Gasteiger partial charge in [0.15, 0.2) is 22.8 Å². The van der Waals surface area contributed by atoms with Gasteiger partial charge in [0.1, 0.15) is 11.3 Å². The predicted molar refractivity (Wildman–Crippen MR) is 207 cm³/mol. The Morgan fingerprint density at radius 1 is 0.674 bits per heavy atom. The minimum atomic E-state index is -1.91. The Balaban J connectivity index is 0.000000251. The van der Waals surface area contributed by atoms with Crippen LogP contribution in [0.5, 0.6) is 0 Å². The number of nitrogens with zero attached hydrogens (tertiary/aromatic N) is 4. The molecule has 4 rings (SSSR count). The van der Waals surface area contributed by atoms with Gasteiger partial charge < -0.3 is 8.47 Å². The van der Waals surface area contributed by atoms with Crippen molar-refractivity contribution in [2.75, 3.05) is 0 Å². The summed E-state index contributed by atoms with van der Waals surface area (Å²) >= 11 is 13.1. The number of fused-ring (bicyclic) bond motifs is 2. The van der Waals surface area contributed by atoms with Gasteiger partial charge in [0, 0.05) is 35.6 Å². The molecule has 0 saturated carbocycles. The second-order valence-corrected chi connectivity index (χ2v) is 27.0. The molecule has 0 aliphatic rings. The summed E-state index contributed by atoms with van der Waals surface area (Å²) in [6.45, 7) is 32.7. The van der Waals surface area contributed by atoms with E-state index < -0.39 is 16.5 Å². The molecule has 0 aliphatic heterocycles. The highest BCUT2D eigenvalue weighted by atomic mass is 35.5. The molecule has 46 heavy (non-hydrogen) atoms. The Bertz CT molecular complexity index is 1610. The zero-order chi connectivity index (χ0) is 34.9. The first-order valence-electron chi connectivity index (χ1n) is 17.3. The molecule has 4 aromatic rings. The van der Waals surface area contributed by atoms with Crippen LogP contribution in [0.4, 0.5) is 0 Å². The minimum Gasteiger partial charge on any atom is -0.358 e. The summed E-state index contributed by atoms with van der Waals surface area (Å²) in [5.41, 5.74) is 8.69. The van der Waals surface area contributed by atoms with E-state index in [1.165, 1.54) is 11.1 Å². The highest BCUT2D eigenvalue weighted by Gasteiger charge is 2.47. The van der Waals surface area contributed by atoms with Crippen molar-refractivity contribution < 1.29 is 4.79 Å². The quantitative estimate of drug-likeness (QED) is 0.116. The molecule has 0 spiro atoms. The summed E-state index contributed by atoms with van der Waals surface area (Å²) in [6.07, 6.45) is 10.8. The lowest BCUT2D eigenvalue weighted by Crippen LogP contribution is -2.51. The Kier molecular flexibility index (Phi) is 12.6. The van der Waals surface area contributed by atoms with Gasteiger partial charge in [-0.15, -0.1) is 0 Å². The van der Waals surface area contributed by atoms with Crippen LogP contribution < -0.4 is 0 Å². The first-order chi connectivity index (χ1) is 21.5. The number of aryl methyl sites for hydroxylation is 2. The smallest absolute Gasteiger partial charge is 0.171 e. The number of halogens is 2. The SMILES string of the molecule is CCc1cn([Si](C(C)C)(C(C)C)C(C)C)c2ncc(C=O)c(Cl)c12.CCc1cn([Si](C(C)C)(C(C)C)C(C)C)c2nccc(Cl)c12. The Morgan fingerprint density at radius 2 is 1.07 bits per heavy atom. The number of aromatic nitrogens is 4. The van der Waals surface area contributed by atoms with Gasteiger partial charge in [-0.1, -0.05) is 120 Å². The number of carbonyl (C=O) groups excluding carboxylic acids is 1. The third-order valence-electron chi connectivity index (χ3n) is 10.8. The minimum absolute atomic E-state index is 0.475. The fraction of sp³-hybridized carbons (Fsp3) is 0.595. The zero-order valence-electron chi connectivity index (χ0n) is 30.8. The van der Waals surface area contributed by atoms with Gasteiger partial charge >= 0.3 is 0 Å². The van der Waals surface area contributed by atoms with Gasteiger partial charge in [-0.25, -0.2) is 9.97 Å². The van der Waals surface area contributed by atoms with Gasteiger partial charge in [-0.2, -0.15) is 0 Å².